The van der Waals surface area contributed by atoms with Gasteiger partial charge < -0.3 is 0 Å². The molecule has 8 heteroatoms. The Bertz CT molecular complexity index is 1450. The number of rotatable bonds is 5. The summed E-state index contributed by atoms with van der Waals surface area (Å²) in [6, 6.07) is 18.3. The van der Waals surface area contributed by atoms with Gasteiger partial charge in [0.05, 0.1) is 18.3 Å². The van der Waals surface area contributed by atoms with Crippen molar-refractivity contribution in [1.82, 2.24) is 9.78 Å². The zero-order valence-corrected chi connectivity index (χ0v) is 17.8. The van der Waals surface area contributed by atoms with Crippen LogP contribution in [-0.4, -0.2) is 24.5 Å². The van der Waals surface area contributed by atoms with Gasteiger partial charge in [0.25, 0.3) is 5.56 Å². The van der Waals surface area contributed by atoms with Gasteiger partial charge in [-0.25, -0.2) is 21.9 Å². The molecule has 5 nitrogen and oxygen atoms in total. The average Bonchev–Trinajstić information content (AvgIpc) is 2.75. The molecule has 1 aromatic heterocycles. The molecule has 0 aliphatic rings. The van der Waals surface area contributed by atoms with Crippen LogP contribution in [0.2, 0.25) is 0 Å². The minimum Gasteiger partial charge on any atom is -0.267 e. The molecule has 4 rings (SSSR count). The first kappa shape index (κ1) is 21.6. The molecule has 0 unspecified atom stereocenters. The second kappa shape index (κ2) is 8.47. The first-order chi connectivity index (χ1) is 15.2. The van der Waals surface area contributed by atoms with Gasteiger partial charge in [-0.3, -0.25) is 4.79 Å². The standard InChI is InChI=1S/C24H18F2N2O3S/c1-32(30,31)22-12-9-18(13-21(22)26)20-14-27-28(15-16-5-3-2-4-6-16)24(29)23(20)17-7-10-19(25)11-8-17/h2-14H,15H2,1H3. The fraction of sp³-hybridized carbons (Fsp3) is 0.0833. The second-order valence-electron chi connectivity index (χ2n) is 7.31. The van der Waals surface area contributed by atoms with Crippen LogP contribution in [0.5, 0.6) is 0 Å². The Kier molecular flexibility index (Phi) is 5.71. The smallest absolute Gasteiger partial charge is 0.267 e. The van der Waals surface area contributed by atoms with Gasteiger partial charge in [0.15, 0.2) is 9.84 Å². The molecule has 0 radical (unpaired) electrons. The monoisotopic (exact) mass is 452 g/mol. The van der Waals surface area contributed by atoms with Gasteiger partial charge in [0, 0.05) is 11.8 Å². The van der Waals surface area contributed by atoms with E-state index in [0.29, 0.717) is 11.1 Å². The summed E-state index contributed by atoms with van der Waals surface area (Å²) in [6.45, 7) is 0.218. The summed E-state index contributed by atoms with van der Waals surface area (Å²) in [6.07, 6.45) is 2.35. The molecule has 0 bridgehead atoms. The Labute approximate surface area is 183 Å². The predicted octanol–water partition coefficient (Wildman–Crippen LogP) is 4.31. The van der Waals surface area contributed by atoms with Crippen molar-refractivity contribution in [1.29, 1.82) is 0 Å². The Morgan fingerprint density at radius 1 is 0.906 bits per heavy atom. The van der Waals surface area contributed by atoms with E-state index in [1.807, 2.05) is 30.3 Å². The van der Waals surface area contributed by atoms with E-state index >= 15 is 0 Å². The Morgan fingerprint density at radius 2 is 1.56 bits per heavy atom. The van der Waals surface area contributed by atoms with Crippen molar-refractivity contribution < 1.29 is 17.2 Å². The summed E-state index contributed by atoms with van der Waals surface area (Å²) in [7, 11) is -3.75. The summed E-state index contributed by atoms with van der Waals surface area (Å²) >= 11 is 0. The highest BCUT2D eigenvalue weighted by molar-refractivity contribution is 7.90. The highest BCUT2D eigenvalue weighted by Gasteiger charge is 2.19. The zero-order chi connectivity index (χ0) is 22.9. The molecule has 1 heterocycles. The summed E-state index contributed by atoms with van der Waals surface area (Å²) in [5.41, 5.74) is 1.66. The Hall–Kier alpha value is -3.65. The van der Waals surface area contributed by atoms with Gasteiger partial charge in [-0.15, -0.1) is 0 Å². The van der Waals surface area contributed by atoms with Gasteiger partial charge >= 0.3 is 0 Å². The Balaban J connectivity index is 1.91. The maximum absolute atomic E-state index is 14.6. The van der Waals surface area contributed by atoms with Crippen molar-refractivity contribution in [3.8, 4) is 22.3 Å². The molecule has 0 N–H and O–H groups in total. The quantitative estimate of drug-likeness (QED) is 0.453. The first-order valence-corrected chi connectivity index (χ1v) is 11.5. The topological polar surface area (TPSA) is 69.0 Å². The van der Waals surface area contributed by atoms with Crippen LogP contribution in [0.3, 0.4) is 0 Å². The lowest BCUT2D eigenvalue weighted by Gasteiger charge is -2.13. The number of aromatic nitrogens is 2. The van der Waals surface area contributed by atoms with Crippen LogP contribution in [0, 0.1) is 11.6 Å². The van der Waals surface area contributed by atoms with Crippen LogP contribution >= 0.6 is 0 Å². The molecular formula is C24H18F2N2O3S. The third kappa shape index (κ3) is 4.36. The maximum atomic E-state index is 14.6. The normalized spacial score (nSPS) is 11.5. The molecule has 4 aromatic rings. The number of hydrogen-bond acceptors (Lipinski definition) is 4. The molecule has 0 fully saturated rings. The van der Waals surface area contributed by atoms with Crippen LogP contribution in [0.1, 0.15) is 5.56 Å². The van der Waals surface area contributed by atoms with Gasteiger partial charge in [0.1, 0.15) is 16.5 Å². The Morgan fingerprint density at radius 3 is 2.19 bits per heavy atom. The third-order valence-corrected chi connectivity index (χ3v) is 6.12. The first-order valence-electron chi connectivity index (χ1n) is 9.64. The molecule has 0 atom stereocenters. The summed E-state index contributed by atoms with van der Waals surface area (Å²) in [5, 5.41) is 4.24. The van der Waals surface area contributed by atoms with E-state index in [1.165, 1.54) is 41.2 Å². The van der Waals surface area contributed by atoms with E-state index in [2.05, 4.69) is 5.10 Å². The van der Waals surface area contributed by atoms with Gasteiger partial charge in [-0.1, -0.05) is 48.5 Å². The van der Waals surface area contributed by atoms with Crippen LogP contribution in [0.4, 0.5) is 8.78 Å². The molecule has 0 saturated carbocycles. The molecule has 162 valence electrons. The molecule has 0 saturated heterocycles. The van der Waals surface area contributed by atoms with Crippen molar-refractivity contribution in [3.05, 3.63) is 107 Å². The SMILES string of the molecule is CS(=O)(=O)c1ccc(-c2cnn(Cc3ccccc3)c(=O)c2-c2ccc(F)cc2)cc1F. The van der Waals surface area contributed by atoms with Crippen molar-refractivity contribution in [2.75, 3.05) is 6.26 Å². The lowest BCUT2D eigenvalue weighted by atomic mass is 9.97. The second-order valence-corrected chi connectivity index (χ2v) is 9.29. The minimum absolute atomic E-state index is 0.211. The van der Waals surface area contributed by atoms with Crippen molar-refractivity contribution >= 4 is 9.84 Å². The van der Waals surface area contributed by atoms with Crippen molar-refractivity contribution in [2.24, 2.45) is 0 Å². The third-order valence-electron chi connectivity index (χ3n) is 4.99. The molecule has 0 aliphatic carbocycles. The van der Waals surface area contributed by atoms with Crippen LogP contribution in [0.15, 0.2) is 88.7 Å². The van der Waals surface area contributed by atoms with E-state index in [9.17, 15) is 22.0 Å². The van der Waals surface area contributed by atoms with Crippen molar-refractivity contribution in [3.63, 3.8) is 0 Å². The zero-order valence-electron chi connectivity index (χ0n) is 17.0. The number of halogens is 2. The van der Waals surface area contributed by atoms with E-state index in [-0.39, 0.29) is 17.7 Å². The van der Waals surface area contributed by atoms with E-state index in [0.717, 1.165) is 24.0 Å². The highest BCUT2D eigenvalue weighted by atomic mass is 32.2. The molecule has 3 aromatic carbocycles. The number of nitrogens with zero attached hydrogens (tertiary/aromatic N) is 2. The van der Waals surface area contributed by atoms with E-state index in [1.54, 1.807) is 0 Å². The maximum Gasteiger partial charge on any atom is 0.275 e. The number of sulfone groups is 1. The van der Waals surface area contributed by atoms with Gasteiger partial charge in [-0.2, -0.15) is 5.10 Å². The lowest BCUT2D eigenvalue weighted by Crippen LogP contribution is -2.25. The molecular weight excluding hydrogens is 434 g/mol. The summed E-state index contributed by atoms with van der Waals surface area (Å²) in [5.74, 6) is -1.39. The highest BCUT2D eigenvalue weighted by Crippen LogP contribution is 2.31. The summed E-state index contributed by atoms with van der Waals surface area (Å²) < 4.78 is 52.8. The largest absolute Gasteiger partial charge is 0.275 e. The van der Waals surface area contributed by atoms with Crippen LogP contribution < -0.4 is 5.56 Å². The predicted molar refractivity (Wildman–Crippen MR) is 118 cm³/mol. The molecule has 32 heavy (non-hydrogen) atoms. The van der Waals surface area contributed by atoms with Gasteiger partial charge in [-0.05, 0) is 41.0 Å². The summed E-state index contributed by atoms with van der Waals surface area (Å²) in [4.78, 5) is 12.9. The molecule has 0 amide bonds. The van der Waals surface area contributed by atoms with Gasteiger partial charge in [0.2, 0.25) is 0 Å². The fourth-order valence-corrected chi connectivity index (χ4v) is 4.17. The lowest BCUT2D eigenvalue weighted by molar-refractivity contribution is 0.571. The van der Waals surface area contributed by atoms with Crippen LogP contribution in [-0.2, 0) is 16.4 Å². The molecule has 0 aliphatic heterocycles. The van der Waals surface area contributed by atoms with E-state index < -0.39 is 31.9 Å². The van der Waals surface area contributed by atoms with E-state index in [4.69, 9.17) is 0 Å². The fourth-order valence-electron chi connectivity index (χ4n) is 3.44. The minimum atomic E-state index is -3.75. The van der Waals surface area contributed by atoms with Crippen LogP contribution in [0.25, 0.3) is 22.3 Å². The average molecular weight is 452 g/mol. The van der Waals surface area contributed by atoms with Crippen molar-refractivity contribution in [2.45, 2.75) is 11.4 Å². The molecule has 0 spiro atoms. The number of benzene rings is 3. The number of hydrogen-bond donors (Lipinski definition) is 0.